The van der Waals surface area contributed by atoms with Gasteiger partial charge in [0.25, 0.3) is 0 Å². The zero-order valence-electron chi connectivity index (χ0n) is 8.32. The molecule has 76 valence electrons. The number of aryl methyl sites for hydroxylation is 1. The minimum Gasteiger partial charge on any atom is -0.493 e. The maximum atomic E-state index is 10.5. The van der Waals surface area contributed by atoms with Crippen molar-refractivity contribution in [2.75, 3.05) is 6.61 Å². The summed E-state index contributed by atoms with van der Waals surface area (Å²) in [4.78, 5) is 10.5. The largest absolute Gasteiger partial charge is 0.493 e. The average Bonchev–Trinajstić information content (AvgIpc) is 2.18. The predicted molar refractivity (Wildman–Crippen MR) is 55.1 cm³/mol. The van der Waals surface area contributed by atoms with Gasteiger partial charge in [0.15, 0.2) is 0 Å². The maximum Gasteiger partial charge on any atom is 0.220 e. The molecule has 3 heteroatoms. The first-order valence-electron chi connectivity index (χ1n) is 4.72. The van der Waals surface area contributed by atoms with Crippen LogP contribution in [-0.4, -0.2) is 12.5 Å². The van der Waals surface area contributed by atoms with E-state index in [1.165, 1.54) is 5.56 Å². The van der Waals surface area contributed by atoms with Crippen LogP contribution in [0.15, 0.2) is 24.3 Å². The highest BCUT2D eigenvalue weighted by atomic mass is 16.5. The molecular weight excluding hydrogens is 178 g/mol. The number of benzene rings is 1. The highest BCUT2D eigenvalue weighted by Gasteiger charge is 1.97. The van der Waals surface area contributed by atoms with Gasteiger partial charge in [0.1, 0.15) is 5.75 Å². The van der Waals surface area contributed by atoms with E-state index in [-0.39, 0.29) is 12.3 Å². The summed E-state index contributed by atoms with van der Waals surface area (Å²) in [5, 5.41) is 0. The van der Waals surface area contributed by atoms with Crippen LogP contribution in [0.3, 0.4) is 0 Å². The van der Waals surface area contributed by atoms with Gasteiger partial charge in [-0.25, -0.2) is 0 Å². The van der Waals surface area contributed by atoms with Gasteiger partial charge in [-0.05, 0) is 24.1 Å². The molecular formula is C11H15NO2. The highest BCUT2D eigenvalue weighted by Crippen LogP contribution is 2.13. The third-order valence-electron chi connectivity index (χ3n) is 1.92. The maximum absolute atomic E-state index is 10.5. The van der Waals surface area contributed by atoms with Crippen molar-refractivity contribution in [1.82, 2.24) is 0 Å². The first-order chi connectivity index (χ1) is 6.72. The summed E-state index contributed by atoms with van der Waals surface area (Å²) in [5.74, 6) is 0.460. The Kier molecular flexibility index (Phi) is 3.98. The first kappa shape index (κ1) is 10.6. The number of hydrogen-bond acceptors (Lipinski definition) is 2. The Morgan fingerprint density at radius 1 is 1.50 bits per heavy atom. The predicted octanol–water partition coefficient (Wildman–Crippen LogP) is 1.50. The van der Waals surface area contributed by atoms with Gasteiger partial charge in [-0.15, -0.1) is 0 Å². The number of primary amides is 1. The molecule has 1 rings (SSSR count). The van der Waals surface area contributed by atoms with E-state index >= 15 is 0 Å². The van der Waals surface area contributed by atoms with Crippen molar-refractivity contribution in [3.05, 3.63) is 29.8 Å². The van der Waals surface area contributed by atoms with Crippen molar-refractivity contribution < 1.29 is 9.53 Å². The minimum absolute atomic E-state index is 0.260. The van der Waals surface area contributed by atoms with Crippen molar-refractivity contribution in [1.29, 1.82) is 0 Å². The Labute approximate surface area is 83.9 Å². The molecule has 0 aromatic heterocycles. The van der Waals surface area contributed by atoms with Crippen molar-refractivity contribution in [2.45, 2.75) is 19.8 Å². The van der Waals surface area contributed by atoms with Crippen molar-refractivity contribution in [3.63, 3.8) is 0 Å². The van der Waals surface area contributed by atoms with Gasteiger partial charge >= 0.3 is 0 Å². The summed E-state index contributed by atoms with van der Waals surface area (Å²) in [6.07, 6.45) is 1.24. The van der Waals surface area contributed by atoms with Crippen LogP contribution in [0.4, 0.5) is 0 Å². The van der Waals surface area contributed by atoms with Gasteiger partial charge in [0.2, 0.25) is 5.91 Å². The second-order valence-corrected chi connectivity index (χ2v) is 3.07. The molecule has 3 nitrogen and oxygen atoms in total. The average molecular weight is 193 g/mol. The Hall–Kier alpha value is -1.51. The molecule has 14 heavy (non-hydrogen) atoms. The van der Waals surface area contributed by atoms with Crippen LogP contribution < -0.4 is 10.5 Å². The van der Waals surface area contributed by atoms with Gasteiger partial charge in [-0.2, -0.15) is 0 Å². The SMILES string of the molecule is CCc1cccc(OCCC(N)=O)c1. The topological polar surface area (TPSA) is 52.3 Å². The molecule has 0 fully saturated rings. The fourth-order valence-corrected chi connectivity index (χ4v) is 1.12. The summed E-state index contributed by atoms with van der Waals surface area (Å²) >= 11 is 0. The molecule has 0 aliphatic carbocycles. The van der Waals surface area contributed by atoms with Crippen LogP contribution in [0.2, 0.25) is 0 Å². The number of ether oxygens (including phenoxy) is 1. The van der Waals surface area contributed by atoms with E-state index in [1.807, 2.05) is 24.3 Å². The first-order valence-corrected chi connectivity index (χ1v) is 4.72. The van der Waals surface area contributed by atoms with Crippen molar-refractivity contribution >= 4 is 5.91 Å². The van der Waals surface area contributed by atoms with Crippen molar-refractivity contribution in [2.24, 2.45) is 5.73 Å². The van der Waals surface area contributed by atoms with Gasteiger partial charge in [-0.1, -0.05) is 19.1 Å². The minimum atomic E-state index is -0.336. The Morgan fingerprint density at radius 3 is 2.93 bits per heavy atom. The summed E-state index contributed by atoms with van der Waals surface area (Å²) < 4.78 is 5.36. The molecule has 1 aromatic rings. The van der Waals surface area contributed by atoms with E-state index in [2.05, 4.69) is 6.92 Å². The lowest BCUT2D eigenvalue weighted by Crippen LogP contribution is -2.14. The lowest BCUT2D eigenvalue weighted by Gasteiger charge is -2.05. The summed E-state index contributed by atoms with van der Waals surface area (Å²) in [5.41, 5.74) is 6.22. The molecule has 0 radical (unpaired) electrons. The quantitative estimate of drug-likeness (QED) is 0.770. The number of nitrogens with two attached hydrogens (primary N) is 1. The van der Waals surface area contributed by atoms with Crippen LogP contribution in [-0.2, 0) is 11.2 Å². The molecule has 0 saturated carbocycles. The number of rotatable bonds is 5. The van der Waals surface area contributed by atoms with Gasteiger partial charge < -0.3 is 10.5 Å². The van der Waals surface area contributed by atoms with E-state index in [0.29, 0.717) is 6.61 Å². The molecule has 0 unspecified atom stereocenters. The van der Waals surface area contributed by atoms with Crippen LogP contribution in [0.5, 0.6) is 5.75 Å². The van der Waals surface area contributed by atoms with E-state index in [4.69, 9.17) is 10.5 Å². The monoisotopic (exact) mass is 193 g/mol. The van der Waals surface area contributed by atoms with Gasteiger partial charge in [0, 0.05) is 0 Å². The van der Waals surface area contributed by atoms with Crippen LogP contribution in [0.1, 0.15) is 18.9 Å². The fourth-order valence-electron chi connectivity index (χ4n) is 1.12. The molecule has 0 spiro atoms. The molecule has 1 amide bonds. The summed E-state index contributed by atoms with van der Waals surface area (Å²) in [6, 6.07) is 7.83. The second kappa shape index (κ2) is 5.27. The molecule has 1 aromatic carbocycles. The van der Waals surface area contributed by atoms with E-state index < -0.39 is 0 Å². The zero-order valence-corrected chi connectivity index (χ0v) is 8.32. The summed E-state index contributed by atoms with van der Waals surface area (Å²) in [6.45, 7) is 2.44. The number of carbonyl (C=O) groups is 1. The molecule has 0 bridgehead atoms. The van der Waals surface area contributed by atoms with Crippen LogP contribution >= 0.6 is 0 Å². The number of carbonyl (C=O) groups excluding carboxylic acids is 1. The number of hydrogen-bond donors (Lipinski definition) is 1. The Balaban J connectivity index is 2.46. The summed E-state index contributed by atoms with van der Waals surface area (Å²) in [7, 11) is 0. The standard InChI is InChI=1S/C11H15NO2/c1-2-9-4-3-5-10(8-9)14-7-6-11(12)13/h3-5,8H,2,6-7H2,1H3,(H2,12,13). The molecule has 0 atom stereocenters. The lowest BCUT2D eigenvalue weighted by atomic mass is 10.2. The van der Waals surface area contributed by atoms with E-state index in [0.717, 1.165) is 12.2 Å². The van der Waals surface area contributed by atoms with Crippen LogP contribution in [0.25, 0.3) is 0 Å². The zero-order chi connectivity index (χ0) is 10.4. The van der Waals surface area contributed by atoms with Crippen molar-refractivity contribution in [3.8, 4) is 5.75 Å². The smallest absolute Gasteiger partial charge is 0.220 e. The third-order valence-corrected chi connectivity index (χ3v) is 1.92. The number of amides is 1. The Bertz CT molecular complexity index is 310. The lowest BCUT2D eigenvalue weighted by molar-refractivity contribution is -0.118. The van der Waals surface area contributed by atoms with E-state index in [1.54, 1.807) is 0 Å². The fraction of sp³-hybridized carbons (Fsp3) is 0.364. The van der Waals surface area contributed by atoms with Gasteiger partial charge in [0.05, 0.1) is 13.0 Å². The molecule has 0 heterocycles. The molecule has 0 aliphatic rings. The molecule has 0 aliphatic heterocycles. The Morgan fingerprint density at radius 2 is 2.29 bits per heavy atom. The second-order valence-electron chi connectivity index (χ2n) is 3.07. The highest BCUT2D eigenvalue weighted by molar-refractivity contribution is 5.73. The van der Waals surface area contributed by atoms with Gasteiger partial charge in [-0.3, -0.25) is 4.79 Å². The van der Waals surface area contributed by atoms with E-state index in [9.17, 15) is 4.79 Å². The third kappa shape index (κ3) is 3.47. The normalized spacial score (nSPS) is 9.79. The molecule has 0 saturated heterocycles. The van der Waals surface area contributed by atoms with Crippen LogP contribution in [0, 0.1) is 0 Å². The molecule has 2 N–H and O–H groups in total.